The minimum atomic E-state index is -0.511. The van der Waals surface area contributed by atoms with Gasteiger partial charge in [0.15, 0.2) is 0 Å². The molecule has 5 heteroatoms. The Morgan fingerprint density at radius 1 is 1.22 bits per heavy atom. The Morgan fingerprint density at radius 3 is 2.59 bits per heavy atom. The largest absolute Gasteiger partial charge is 0.443 e. The highest BCUT2D eigenvalue weighted by molar-refractivity contribution is 5.88. The van der Waals surface area contributed by atoms with Crippen LogP contribution >= 0.6 is 0 Å². The smallest absolute Gasteiger partial charge is 0.416 e. The van der Waals surface area contributed by atoms with Gasteiger partial charge in [0, 0.05) is 23.8 Å². The third-order valence-electron chi connectivity index (χ3n) is 5.70. The van der Waals surface area contributed by atoms with Gasteiger partial charge < -0.3 is 4.74 Å². The Hall–Kier alpha value is -1.62. The first-order valence-electron chi connectivity index (χ1n) is 10.6. The van der Waals surface area contributed by atoms with Crippen LogP contribution in [0.1, 0.15) is 84.2 Å². The molecule has 27 heavy (non-hydrogen) atoms. The van der Waals surface area contributed by atoms with Gasteiger partial charge in [0.05, 0.1) is 0 Å². The van der Waals surface area contributed by atoms with Crippen molar-refractivity contribution in [3.8, 4) is 0 Å². The Morgan fingerprint density at radius 2 is 1.93 bits per heavy atom. The Balaban J connectivity index is 1.98. The number of likely N-dealkylation sites (tertiary alicyclic amines) is 1. The minimum absolute atomic E-state index is 0.187. The van der Waals surface area contributed by atoms with Gasteiger partial charge in [0.2, 0.25) is 0 Å². The number of ether oxygens (including phenoxy) is 1. The molecule has 2 aliphatic rings. The highest BCUT2D eigenvalue weighted by Crippen LogP contribution is 2.38. The molecule has 1 aliphatic heterocycles. The molecule has 3 rings (SSSR count). The van der Waals surface area contributed by atoms with E-state index >= 15 is 0 Å². The number of piperidine rings is 1. The van der Waals surface area contributed by atoms with Crippen molar-refractivity contribution in [1.82, 2.24) is 9.88 Å². The molecule has 2 heterocycles. The molecule has 1 aliphatic carbocycles. The molecule has 5 nitrogen and oxygen atoms in total. The van der Waals surface area contributed by atoms with E-state index in [1.165, 1.54) is 18.4 Å². The zero-order valence-corrected chi connectivity index (χ0v) is 17.4. The van der Waals surface area contributed by atoms with E-state index in [0.717, 1.165) is 51.0 Å². The first-order valence-corrected chi connectivity index (χ1v) is 10.6. The normalized spacial score (nSPS) is 22.0. The predicted molar refractivity (Wildman–Crippen MR) is 109 cm³/mol. The van der Waals surface area contributed by atoms with Gasteiger partial charge in [0.25, 0.3) is 0 Å². The van der Waals surface area contributed by atoms with Crippen molar-refractivity contribution in [1.29, 1.82) is 0 Å². The van der Waals surface area contributed by atoms with E-state index in [2.05, 4.69) is 17.9 Å². The van der Waals surface area contributed by atoms with E-state index in [0.29, 0.717) is 6.04 Å². The molecule has 1 atom stereocenters. The van der Waals surface area contributed by atoms with Crippen molar-refractivity contribution in [3.63, 3.8) is 0 Å². The van der Waals surface area contributed by atoms with Crippen LogP contribution in [0.3, 0.4) is 0 Å². The van der Waals surface area contributed by atoms with E-state index in [9.17, 15) is 4.79 Å². The van der Waals surface area contributed by atoms with Crippen LogP contribution in [0.2, 0.25) is 0 Å². The summed E-state index contributed by atoms with van der Waals surface area (Å²) in [5.41, 5.74) is 0.667. The summed E-state index contributed by atoms with van der Waals surface area (Å²) in [6.07, 6.45) is 9.53. The maximum atomic E-state index is 13.2. The highest BCUT2D eigenvalue weighted by Gasteiger charge is 2.36. The fourth-order valence-electron chi connectivity index (χ4n) is 4.47. The molecule has 0 bridgehead atoms. The SMILES string of the molecule is CCN1CCCC[C@H]1c1cccnc1N(C(=O)OC(C)(C)C)C1CCCC1. The van der Waals surface area contributed by atoms with Gasteiger partial charge >= 0.3 is 6.09 Å². The van der Waals surface area contributed by atoms with Crippen molar-refractivity contribution < 1.29 is 9.53 Å². The van der Waals surface area contributed by atoms with Crippen LogP contribution in [-0.2, 0) is 4.74 Å². The van der Waals surface area contributed by atoms with Crippen molar-refractivity contribution in [2.45, 2.75) is 90.3 Å². The summed E-state index contributed by atoms with van der Waals surface area (Å²) in [6.45, 7) is 10.1. The lowest BCUT2D eigenvalue weighted by molar-refractivity contribution is 0.0563. The number of amides is 1. The Kier molecular flexibility index (Phi) is 6.40. The first-order chi connectivity index (χ1) is 12.9. The summed E-state index contributed by atoms with van der Waals surface area (Å²) in [4.78, 5) is 22.3. The van der Waals surface area contributed by atoms with E-state index in [1.54, 1.807) is 0 Å². The van der Waals surface area contributed by atoms with Gasteiger partial charge in [-0.1, -0.05) is 32.3 Å². The molecule has 0 N–H and O–H groups in total. The molecule has 0 unspecified atom stereocenters. The monoisotopic (exact) mass is 373 g/mol. The number of carbonyl (C=O) groups is 1. The first kappa shape index (κ1) is 20.1. The number of pyridine rings is 1. The molecule has 0 spiro atoms. The molecule has 1 saturated carbocycles. The lowest BCUT2D eigenvalue weighted by atomic mass is 9.95. The Labute approximate surface area is 164 Å². The fraction of sp³-hybridized carbons (Fsp3) is 0.727. The average molecular weight is 374 g/mol. The zero-order valence-electron chi connectivity index (χ0n) is 17.4. The third kappa shape index (κ3) is 4.81. The van der Waals surface area contributed by atoms with E-state index < -0.39 is 5.60 Å². The average Bonchev–Trinajstić information content (AvgIpc) is 3.15. The molecule has 1 saturated heterocycles. The molecule has 1 aromatic heterocycles. The van der Waals surface area contributed by atoms with Crippen LogP contribution in [-0.4, -0.2) is 40.7 Å². The van der Waals surface area contributed by atoms with Crippen LogP contribution in [0.4, 0.5) is 10.6 Å². The van der Waals surface area contributed by atoms with Gasteiger partial charge in [-0.15, -0.1) is 0 Å². The van der Waals surface area contributed by atoms with Crippen LogP contribution in [0, 0.1) is 0 Å². The zero-order chi connectivity index (χ0) is 19.4. The summed E-state index contributed by atoms with van der Waals surface area (Å²) < 4.78 is 5.80. The molecule has 150 valence electrons. The van der Waals surface area contributed by atoms with Crippen LogP contribution in [0.15, 0.2) is 18.3 Å². The summed E-state index contributed by atoms with van der Waals surface area (Å²) in [6, 6.07) is 4.68. The van der Waals surface area contributed by atoms with E-state index in [1.807, 2.05) is 37.9 Å². The number of hydrogen-bond donors (Lipinski definition) is 0. The van der Waals surface area contributed by atoms with Crippen molar-refractivity contribution in [2.24, 2.45) is 0 Å². The molecule has 1 aromatic rings. The standard InChI is InChI=1S/C22H35N3O2/c1-5-24-16-9-8-14-19(24)18-13-10-15-23-20(18)25(17-11-6-7-12-17)21(26)27-22(2,3)4/h10,13,15,17,19H,5-9,11-12,14,16H2,1-4H3/t19-/m0/s1. The van der Waals surface area contributed by atoms with Crippen molar-refractivity contribution in [2.75, 3.05) is 18.0 Å². The van der Waals surface area contributed by atoms with Crippen LogP contribution in [0.25, 0.3) is 0 Å². The Bertz CT molecular complexity index is 635. The minimum Gasteiger partial charge on any atom is -0.443 e. The molecule has 0 radical (unpaired) electrons. The molecule has 0 aromatic carbocycles. The second kappa shape index (κ2) is 8.59. The van der Waals surface area contributed by atoms with Crippen LogP contribution in [0.5, 0.6) is 0 Å². The van der Waals surface area contributed by atoms with Gasteiger partial charge in [0.1, 0.15) is 11.4 Å². The summed E-state index contributed by atoms with van der Waals surface area (Å²) in [5, 5.41) is 0. The maximum absolute atomic E-state index is 13.2. The summed E-state index contributed by atoms with van der Waals surface area (Å²) >= 11 is 0. The predicted octanol–water partition coefficient (Wildman–Crippen LogP) is 5.31. The van der Waals surface area contributed by atoms with Gasteiger partial charge in [-0.25, -0.2) is 9.78 Å². The molecule has 2 fully saturated rings. The number of aromatic nitrogens is 1. The van der Waals surface area contributed by atoms with Gasteiger partial charge in [-0.05, 0) is 65.6 Å². The molecule has 1 amide bonds. The molecular formula is C22H35N3O2. The second-order valence-corrected chi connectivity index (χ2v) is 8.85. The van der Waals surface area contributed by atoms with E-state index in [-0.39, 0.29) is 12.1 Å². The fourth-order valence-corrected chi connectivity index (χ4v) is 4.47. The summed E-state index contributed by atoms with van der Waals surface area (Å²) in [5.74, 6) is 0.809. The lowest BCUT2D eigenvalue weighted by Gasteiger charge is -2.38. The highest BCUT2D eigenvalue weighted by atomic mass is 16.6. The van der Waals surface area contributed by atoms with E-state index in [4.69, 9.17) is 9.72 Å². The van der Waals surface area contributed by atoms with Gasteiger partial charge in [-0.3, -0.25) is 9.80 Å². The maximum Gasteiger partial charge on any atom is 0.416 e. The quantitative estimate of drug-likeness (QED) is 0.717. The van der Waals surface area contributed by atoms with Crippen molar-refractivity contribution in [3.05, 3.63) is 23.9 Å². The summed E-state index contributed by atoms with van der Waals surface area (Å²) in [7, 11) is 0. The number of nitrogens with zero attached hydrogens (tertiary/aromatic N) is 3. The van der Waals surface area contributed by atoms with Crippen LogP contribution < -0.4 is 4.90 Å². The topological polar surface area (TPSA) is 45.7 Å². The lowest BCUT2D eigenvalue weighted by Crippen LogP contribution is -2.44. The van der Waals surface area contributed by atoms with Crippen molar-refractivity contribution >= 4 is 11.9 Å². The molecular weight excluding hydrogens is 338 g/mol. The number of carbonyl (C=O) groups excluding carboxylic acids is 1. The second-order valence-electron chi connectivity index (χ2n) is 8.85. The number of hydrogen-bond acceptors (Lipinski definition) is 4. The number of rotatable bonds is 4. The third-order valence-corrected chi connectivity index (χ3v) is 5.70. The van der Waals surface area contributed by atoms with Gasteiger partial charge in [-0.2, -0.15) is 0 Å². The number of anilines is 1.